The molecule has 0 spiro atoms. The molecule has 2 aromatic carbocycles. The van der Waals surface area contributed by atoms with Crippen LogP contribution in [0, 0.1) is 0 Å². The number of benzene rings is 2. The number of nitrogens with zero attached hydrogens (tertiary/aromatic N) is 1. The van der Waals surface area contributed by atoms with Gasteiger partial charge in [0, 0.05) is 12.0 Å². The Bertz CT molecular complexity index is 610. The predicted molar refractivity (Wildman–Crippen MR) is 90.8 cm³/mol. The second kappa shape index (κ2) is 6.64. The van der Waals surface area contributed by atoms with Gasteiger partial charge in [0.05, 0.1) is 13.2 Å². The van der Waals surface area contributed by atoms with Crippen LogP contribution in [0.3, 0.4) is 0 Å². The van der Waals surface area contributed by atoms with Crippen LogP contribution in [-0.2, 0) is 23.3 Å². The van der Waals surface area contributed by atoms with E-state index in [-0.39, 0.29) is 5.41 Å². The van der Waals surface area contributed by atoms with Crippen molar-refractivity contribution in [3.05, 3.63) is 71.3 Å². The van der Waals surface area contributed by atoms with Crippen LogP contribution >= 0.6 is 0 Å². The van der Waals surface area contributed by atoms with Gasteiger partial charge in [-0.3, -0.25) is 0 Å². The number of hydrogen-bond acceptors (Lipinski definition) is 2. The Morgan fingerprint density at radius 2 is 1.77 bits per heavy atom. The average Bonchev–Trinajstić information content (AvgIpc) is 2.55. The molecule has 0 N–H and O–H groups in total. The molecule has 0 aromatic heterocycles. The van der Waals surface area contributed by atoms with Crippen LogP contribution in [0.1, 0.15) is 30.0 Å². The summed E-state index contributed by atoms with van der Waals surface area (Å²) < 4.78 is 5.84. The topological polar surface area (TPSA) is 12.5 Å². The lowest BCUT2D eigenvalue weighted by Gasteiger charge is -2.37. The van der Waals surface area contributed by atoms with Crippen molar-refractivity contribution in [3.63, 3.8) is 0 Å². The lowest BCUT2D eigenvalue weighted by molar-refractivity contribution is 0.0503. The van der Waals surface area contributed by atoms with E-state index in [0.29, 0.717) is 0 Å². The lowest BCUT2D eigenvalue weighted by Crippen LogP contribution is -2.36. The lowest BCUT2D eigenvalue weighted by atomic mass is 9.76. The number of rotatable bonds is 5. The molecule has 2 heteroatoms. The van der Waals surface area contributed by atoms with Crippen molar-refractivity contribution < 1.29 is 4.74 Å². The minimum absolute atomic E-state index is 0.125. The van der Waals surface area contributed by atoms with E-state index in [1.807, 2.05) is 0 Å². The first-order valence-corrected chi connectivity index (χ1v) is 8.06. The van der Waals surface area contributed by atoms with Gasteiger partial charge in [-0.15, -0.1) is 0 Å². The fourth-order valence-corrected chi connectivity index (χ4v) is 3.32. The van der Waals surface area contributed by atoms with E-state index < -0.39 is 0 Å². The van der Waals surface area contributed by atoms with Crippen LogP contribution in [0.2, 0.25) is 0 Å². The maximum Gasteiger partial charge on any atom is 0.0720 e. The molecular weight excluding hydrogens is 270 g/mol. The zero-order valence-corrected chi connectivity index (χ0v) is 13.6. The molecule has 0 saturated carbocycles. The zero-order chi connectivity index (χ0) is 15.4. The molecule has 3 rings (SSSR count). The van der Waals surface area contributed by atoms with Crippen molar-refractivity contribution in [2.45, 2.75) is 31.9 Å². The molecule has 22 heavy (non-hydrogen) atoms. The van der Waals surface area contributed by atoms with E-state index in [1.54, 1.807) is 0 Å². The minimum atomic E-state index is 0.125. The largest absolute Gasteiger partial charge is 0.376 e. The highest BCUT2D eigenvalue weighted by Crippen LogP contribution is 2.35. The molecule has 2 nitrogen and oxygen atoms in total. The highest BCUT2D eigenvalue weighted by Gasteiger charge is 2.32. The monoisotopic (exact) mass is 295 g/mol. The third-order valence-corrected chi connectivity index (χ3v) is 4.69. The normalized spacial score (nSPS) is 20.9. The molecule has 1 aliphatic rings. The van der Waals surface area contributed by atoms with Crippen LogP contribution in [0.25, 0.3) is 0 Å². The van der Waals surface area contributed by atoms with Gasteiger partial charge in [-0.1, -0.05) is 61.5 Å². The molecule has 2 aromatic rings. The van der Waals surface area contributed by atoms with Crippen molar-refractivity contribution in [1.29, 1.82) is 0 Å². The summed E-state index contributed by atoms with van der Waals surface area (Å²) in [6, 6.07) is 19.4. The van der Waals surface area contributed by atoms with Gasteiger partial charge in [0.25, 0.3) is 0 Å². The highest BCUT2D eigenvalue weighted by molar-refractivity contribution is 5.35. The van der Waals surface area contributed by atoms with E-state index in [0.717, 1.165) is 32.7 Å². The van der Waals surface area contributed by atoms with E-state index in [4.69, 9.17) is 4.74 Å². The quantitative estimate of drug-likeness (QED) is 0.827. The maximum absolute atomic E-state index is 5.84. The summed E-state index contributed by atoms with van der Waals surface area (Å²) in [7, 11) is 2.20. The molecular formula is C20H25NO. The van der Waals surface area contributed by atoms with Crippen LogP contribution in [0.4, 0.5) is 0 Å². The smallest absolute Gasteiger partial charge is 0.0720 e. The molecule has 1 atom stereocenters. The summed E-state index contributed by atoms with van der Waals surface area (Å²) in [4.78, 5) is 2.40. The Morgan fingerprint density at radius 3 is 2.59 bits per heavy atom. The molecule has 0 amide bonds. The highest BCUT2D eigenvalue weighted by atomic mass is 16.5. The van der Waals surface area contributed by atoms with Crippen molar-refractivity contribution in [1.82, 2.24) is 4.90 Å². The Morgan fingerprint density at radius 1 is 1.05 bits per heavy atom. The van der Waals surface area contributed by atoms with Crippen LogP contribution in [0.5, 0.6) is 0 Å². The van der Waals surface area contributed by atoms with Crippen molar-refractivity contribution >= 4 is 0 Å². The Kier molecular flexibility index (Phi) is 4.60. The Hall–Kier alpha value is -1.64. The van der Waals surface area contributed by atoms with E-state index >= 15 is 0 Å². The molecule has 0 fully saturated rings. The first-order valence-electron chi connectivity index (χ1n) is 8.06. The summed E-state index contributed by atoms with van der Waals surface area (Å²) >= 11 is 0. The van der Waals surface area contributed by atoms with Gasteiger partial charge in [0.2, 0.25) is 0 Å². The number of fused-ring (bicyclic) bond motifs is 1. The van der Waals surface area contributed by atoms with Gasteiger partial charge in [-0.25, -0.2) is 0 Å². The zero-order valence-electron chi connectivity index (χ0n) is 13.6. The van der Waals surface area contributed by atoms with E-state index in [2.05, 4.69) is 73.5 Å². The van der Waals surface area contributed by atoms with Gasteiger partial charge < -0.3 is 9.64 Å². The summed E-state index contributed by atoms with van der Waals surface area (Å²) in [5.41, 5.74) is 4.31. The number of ether oxygens (including phenoxy) is 1. The van der Waals surface area contributed by atoms with Crippen molar-refractivity contribution in [2.24, 2.45) is 0 Å². The van der Waals surface area contributed by atoms with Crippen molar-refractivity contribution in [3.8, 4) is 0 Å². The fraction of sp³-hybridized carbons (Fsp3) is 0.400. The molecule has 116 valence electrons. The molecule has 1 aliphatic heterocycles. The molecule has 0 unspecified atom stereocenters. The summed E-state index contributed by atoms with van der Waals surface area (Å²) in [6.07, 6.45) is 1.12. The molecule has 0 bridgehead atoms. The minimum Gasteiger partial charge on any atom is -0.376 e. The van der Waals surface area contributed by atoms with Crippen molar-refractivity contribution in [2.75, 3.05) is 20.2 Å². The SMILES string of the molecule is CN(CC[C@]1(C)COCc2ccccc21)Cc1ccccc1. The molecule has 0 aliphatic carbocycles. The first-order chi connectivity index (χ1) is 10.7. The van der Waals surface area contributed by atoms with E-state index in [9.17, 15) is 0 Å². The van der Waals surface area contributed by atoms with Crippen LogP contribution in [0.15, 0.2) is 54.6 Å². The van der Waals surface area contributed by atoms with E-state index in [1.165, 1.54) is 16.7 Å². The number of hydrogen-bond donors (Lipinski definition) is 0. The summed E-state index contributed by atoms with van der Waals surface area (Å²) in [5, 5.41) is 0. The van der Waals surface area contributed by atoms with Gasteiger partial charge in [0.15, 0.2) is 0 Å². The fourth-order valence-electron chi connectivity index (χ4n) is 3.32. The summed E-state index contributed by atoms with van der Waals surface area (Å²) in [5.74, 6) is 0. The average molecular weight is 295 g/mol. The van der Waals surface area contributed by atoms with Gasteiger partial charge in [-0.05, 0) is 36.7 Å². The third-order valence-electron chi connectivity index (χ3n) is 4.69. The molecule has 1 heterocycles. The van der Waals surface area contributed by atoms with Gasteiger partial charge >= 0.3 is 0 Å². The summed E-state index contributed by atoms with van der Waals surface area (Å²) in [6.45, 7) is 5.98. The van der Waals surface area contributed by atoms with Gasteiger partial charge in [-0.2, -0.15) is 0 Å². The Labute approximate surface area is 133 Å². The first kappa shape index (κ1) is 15.3. The molecule has 0 saturated heterocycles. The Balaban J connectivity index is 1.64. The van der Waals surface area contributed by atoms with Gasteiger partial charge in [0.1, 0.15) is 0 Å². The molecule has 0 radical (unpaired) electrons. The second-order valence-electron chi connectivity index (χ2n) is 6.68. The van der Waals surface area contributed by atoms with Crippen LogP contribution < -0.4 is 0 Å². The third kappa shape index (κ3) is 3.40. The maximum atomic E-state index is 5.84. The standard InChI is InChI=1S/C20H25NO/c1-20(16-22-15-18-10-6-7-11-19(18)20)12-13-21(2)14-17-8-4-3-5-9-17/h3-11H,12-16H2,1-2H3/t20-/m1/s1. The van der Waals surface area contributed by atoms with Crippen LogP contribution in [-0.4, -0.2) is 25.1 Å². The second-order valence-corrected chi connectivity index (χ2v) is 6.68. The predicted octanol–water partition coefficient (Wildman–Crippen LogP) is 4.00.